The minimum absolute atomic E-state index is 0.0249. The molecule has 0 aliphatic heterocycles. The molecule has 2 rings (SSSR count). The molecule has 0 saturated carbocycles. The predicted molar refractivity (Wildman–Crippen MR) is 105 cm³/mol. The molecular formula is C22H27F2NO2. The van der Waals surface area contributed by atoms with Crippen LogP contribution in [0.3, 0.4) is 0 Å². The number of hydrogen-bond acceptors (Lipinski definition) is 2. The molecule has 0 radical (unpaired) electrons. The molecule has 0 spiro atoms. The quantitative estimate of drug-likeness (QED) is 0.616. The number of aryl methyl sites for hydroxylation is 3. The Labute approximate surface area is 160 Å². The van der Waals surface area contributed by atoms with Gasteiger partial charge in [-0.05, 0) is 49.1 Å². The predicted octanol–water partition coefficient (Wildman–Crippen LogP) is 5.76. The average Bonchev–Trinajstić information content (AvgIpc) is 2.66. The third kappa shape index (κ3) is 4.65. The van der Waals surface area contributed by atoms with Crippen LogP contribution in [0.1, 0.15) is 54.5 Å². The fourth-order valence-corrected chi connectivity index (χ4v) is 3.18. The number of alkyl halides is 2. The van der Waals surface area contributed by atoms with Gasteiger partial charge in [0.1, 0.15) is 12.4 Å². The van der Waals surface area contributed by atoms with Gasteiger partial charge in [0.2, 0.25) is 5.91 Å². The third-order valence-electron chi connectivity index (χ3n) is 4.85. The van der Waals surface area contributed by atoms with Gasteiger partial charge >= 0.3 is 0 Å². The summed E-state index contributed by atoms with van der Waals surface area (Å²) >= 11 is 0. The number of anilines is 1. The maximum absolute atomic E-state index is 13.6. The number of hydrogen-bond donors (Lipinski definition) is 0. The second-order valence-corrected chi connectivity index (χ2v) is 6.64. The van der Waals surface area contributed by atoms with Gasteiger partial charge in [0.05, 0.1) is 5.69 Å². The highest BCUT2D eigenvalue weighted by Crippen LogP contribution is 2.32. The molecule has 1 amide bonds. The van der Waals surface area contributed by atoms with E-state index in [1.54, 1.807) is 26.1 Å². The Hall–Kier alpha value is -2.43. The van der Waals surface area contributed by atoms with E-state index < -0.39 is 6.43 Å². The Morgan fingerprint density at radius 1 is 1.15 bits per heavy atom. The van der Waals surface area contributed by atoms with Crippen molar-refractivity contribution in [2.75, 3.05) is 11.9 Å². The smallest absolute Gasteiger partial charge is 0.264 e. The molecule has 0 fully saturated rings. The van der Waals surface area contributed by atoms with E-state index >= 15 is 0 Å². The molecule has 0 atom stereocenters. The number of halogens is 2. The zero-order valence-electron chi connectivity index (χ0n) is 16.6. The van der Waals surface area contributed by atoms with Crippen molar-refractivity contribution in [2.45, 2.75) is 53.6 Å². The van der Waals surface area contributed by atoms with Crippen LogP contribution in [0, 0.1) is 13.8 Å². The molecule has 0 bridgehead atoms. The Morgan fingerprint density at radius 2 is 1.85 bits per heavy atom. The van der Waals surface area contributed by atoms with Crippen molar-refractivity contribution < 1.29 is 18.3 Å². The molecule has 0 aliphatic carbocycles. The molecule has 0 aromatic heterocycles. The lowest BCUT2D eigenvalue weighted by Gasteiger charge is -2.23. The average molecular weight is 375 g/mol. The van der Waals surface area contributed by atoms with Crippen LogP contribution in [0.2, 0.25) is 0 Å². The second kappa shape index (κ2) is 8.98. The summed E-state index contributed by atoms with van der Waals surface area (Å²) < 4.78 is 33.1. The monoisotopic (exact) mass is 375 g/mol. The van der Waals surface area contributed by atoms with Crippen molar-refractivity contribution in [1.29, 1.82) is 0 Å². The maximum atomic E-state index is 13.6. The first-order valence-electron chi connectivity index (χ1n) is 9.19. The largest absolute Gasteiger partial charge is 0.489 e. The van der Waals surface area contributed by atoms with Crippen LogP contribution in [0.25, 0.3) is 0 Å². The van der Waals surface area contributed by atoms with Gasteiger partial charge in [0.25, 0.3) is 6.43 Å². The molecule has 0 aliphatic rings. The summed E-state index contributed by atoms with van der Waals surface area (Å²) in [7, 11) is 1.60. The standard InChI is InChI=1S/C22H27F2NO2/c1-6-16-11-15(4)20(12-14(16)3)27-13-18-17(22(23)24)9-8-10-19(18)25(5)21(26)7-2/h8-12,22H,6-7,13H2,1-5H3. The van der Waals surface area contributed by atoms with Gasteiger partial charge in [-0.1, -0.05) is 32.0 Å². The van der Waals surface area contributed by atoms with Crippen molar-refractivity contribution in [1.82, 2.24) is 0 Å². The number of nitrogens with zero attached hydrogens (tertiary/aromatic N) is 1. The number of amides is 1. The van der Waals surface area contributed by atoms with E-state index in [0.717, 1.165) is 17.5 Å². The molecule has 27 heavy (non-hydrogen) atoms. The molecule has 0 unspecified atom stereocenters. The van der Waals surface area contributed by atoms with Gasteiger partial charge in [-0.25, -0.2) is 8.78 Å². The SMILES string of the molecule is CCC(=O)N(C)c1cccc(C(F)F)c1COc1cc(C)c(CC)cc1C. The highest BCUT2D eigenvalue weighted by Gasteiger charge is 2.21. The number of rotatable bonds is 7. The molecule has 0 saturated heterocycles. The zero-order valence-corrected chi connectivity index (χ0v) is 16.6. The lowest BCUT2D eigenvalue weighted by Crippen LogP contribution is -2.27. The van der Waals surface area contributed by atoms with Crippen molar-refractivity contribution in [3.05, 3.63) is 58.1 Å². The summed E-state index contributed by atoms with van der Waals surface area (Å²) in [6.45, 7) is 7.77. The summed E-state index contributed by atoms with van der Waals surface area (Å²) in [5.41, 5.74) is 4.00. The number of carbonyl (C=O) groups excluding carboxylic acids is 1. The van der Waals surface area contributed by atoms with Gasteiger partial charge in [-0.2, -0.15) is 0 Å². The van der Waals surface area contributed by atoms with Crippen LogP contribution in [-0.4, -0.2) is 13.0 Å². The van der Waals surface area contributed by atoms with Crippen LogP contribution in [0.4, 0.5) is 14.5 Å². The molecular weight excluding hydrogens is 348 g/mol. The normalized spacial score (nSPS) is 11.0. The number of ether oxygens (including phenoxy) is 1. The van der Waals surface area contributed by atoms with Crippen molar-refractivity contribution in [2.24, 2.45) is 0 Å². The lowest BCUT2D eigenvalue weighted by atomic mass is 10.0. The first-order valence-corrected chi connectivity index (χ1v) is 9.19. The molecule has 3 nitrogen and oxygen atoms in total. The first kappa shape index (κ1) is 20.9. The fourth-order valence-electron chi connectivity index (χ4n) is 3.18. The number of carbonyl (C=O) groups is 1. The highest BCUT2D eigenvalue weighted by atomic mass is 19.3. The second-order valence-electron chi connectivity index (χ2n) is 6.64. The molecule has 146 valence electrons. The van der Waals surface area contributed by atoms with E-state index in [1.165, 1.54) is 16.5 Å². The van der Waals surface area contributed by atoms with Crippen molar-refractivity contribution in [3.63, 3.8) is 0 Å². The number of benzene rings is 2. The fraction of sp³-hybridized carbons (Fsp3) is 0.409. The summed E-state index contributed by atoms with van der Waals surface area (Å²) in [6.07, 6.45) is -1.42. The molecule has 0 heterocycles. The summed E-state index contributed by atoms with van der Waals surface area (Å²) in [4.78, 5) is 13.5. The van der Waals surface area contributed by atoms with Crippen LogP contribution in [0.15, 0.2) is 30.3 Å². The van der Waals surface area contributed by atoms with Crippen molar-refractivity contribution in [3.8, 4) is 5.75 Å². The van der Waals surface area contributed by atoms with E-state index in [-0.39, 0.29) is 18.1 Å². The van der Waals surface area contributed by atoms with E-state index in [1.807, 2.05) is 19.9 Å². The summed E-state index contributed by atoms with van der Waals surface area (Å²) in [5, 5.41) is 0. The van der Waals surface area contributed by atoms with E-state index in [4.69, 9.17) is 4.74 Å². The van der Waals surface area contributed by atoms with Gasteiger partial charge in [-0.15, -0.1) is 0 Å². The molecule has 0 N–H and O–H groups in total. The van der Waals surface area contributed by atoms with E-state index in [9.17, 15) is 13.6 Å². The third-order valence-corrected chi connectivity index (χ3v) is 4.85. The Kier molecular flexibility index (Phi) is 6.94. The highest BCUT2D eigenvalue weighted by molar-refractivity contribution is 5.93. The van der Waals surface area contributed by atoms with Gasteiger partial charge in [0.15, 0.2) is 0 Å². The summed E-state index contributed by atoms with van der Waals surface area (Å²) in [5.74, 6) is 0.534. The van der Waals surface area contributed by atoms with Crippen LogP contribution in [-0.2, 0) is 17.8 Å². The Balaban J connectivity index is 2.40. The van der Waals surface area contributed by atoms with Crippen LogP contribution in [0.5, 0.6) is 5.75 Å². The lowest BCUT2D eigenvalue weighted by molar-refractivity contribution is -0.118. The molecule has 2 aromatic carbocycles. The van der Waals surface area contributed by atoms with Gasteiger partial charge in [0, 0.05) is 24.6 Å². The zero-order chi connectivity index (χ0) is 20.1. The topological polar surface area (TPSA) is 29.5 Å². The molecule has 5 heteroatoms. The van der Waals surface area contributed by atoms with Crippen molar-refractivity contribution >= 4 is 11.6 Å². The molecule has 2 aromatic rings. The summed E-state index contributed by atoms with van der Waals surface area (Å²) in [6, 6.07) is 8.62. The van der Waals surface area contributed by atoms with Gasteiger partial charge in [-0.3, -0.25) is 4.79 Å². The first-order chi connectivity index (χ1) is 12.8. The van der Waals surface area contributed by atoms with Crippen LogP contribution < -0.4 is 9.64 Å². The van der Waals surface area contributed by atoms with E-state index in [2.05, 4.69) is 13.0 Å². The van der Waals surface area contributed by atoms with Gasteiger partial charge < -0.3 is 9.64 Å². The minimum atomic E-state index is -2.64. The Morgan fingerprint density at radius 3 is 2.44 bits per heavy atom. The maximum Gasteiger partial charge on any atom is 0.264 e. The minimum Gasteiger partial charge on any atom is -0.489 e. The Bertz CT molecular complexity index is 818. The van der Waals surface area contributed by atoms with Crippen LogP contribution >= 0.6 is 0 Å². The van der Waals surface area contributed by atoms with E-state index in [0.29, 0.717) is 23.4 Å².